The van der Waals surface area contributed by atoms with Gasteiger partial charge in [0.1, 0.15) is 17.5 Å². The Morgan fingerprint density at radius 3 is 2.91 bits per heavy atom. The average Bonchev–Trinajstić information content (AvgIpc) is 3.00. The summed E-state index contributed by atoms with van der Waals surface area (Å²) >= 11 is 0. The molecular formula is C16H25N3O3. The maximum atomic E-state index is 12.2. The molecule has 1 aliphatic carbocycles. The summed E-state index contributed by atoms with van der Waals surface area (Å²) in [6.45, 7) is 9.37. The van der Waals surface area contributed by atoms with E-state index in [0.717, 1.165) is 24.4 Å². The summed E-state index contributed by atoms with van der Waals surface area (Å²) in [5.74, 6) is 1.34. The Balaban J connectivity index is 1.68. The monoisotopic (exact) mass is 307 g/mol. The highest BCUT2D eigenvalue weighted by molar-refractivity contribution is 5.68. The third-order valence-corrected chi connectivity index (χ3v) is 4.15. The lowest BCUT2D eigenvalue weighted by Gasteiger charge is -2.33. The second kappa shape index (κ2) is 5.57. The van der Waals surface area contributed by atoms with Crippen LogP contribution in [0.1, 0.15) is 63.3 Å². The first-order valence-electron chi connectivity index (χ1n) is 8.01. The summed E-state index contributed by atoms with van der Waals surface area (Å²) in [5, 5.41) is 0. The summed E-state index contributed by atoms with van der Waals surface area (Å²) in [6, 6.07) is 0. The van der Waals surface area contributed by atoms with Gasteiger partial charge in [0.05, 0.1) is 18.8 Å². The van der Waals surface area contributed by atoms with Gasteiger partial charge in [0.2, 0.25) is 0 Å². The molecule has 1 fully saturated rings. The minimum absolute atomic E-state index is 0.195. The van der Waals surface area contributed by atoms with Crippen molar-refractivity contribution in [3.63, 3.8) is 0 Å². The van der Waals surface area contributed by atoms with Crippen molar-refractivity contribution in [3.05, 3.63) is 17.2 Å². The van der Waals surface area contributed by atoms with Crippen molar-refractivity contribution < 1.29 is 14.3 Å². The van der Waals surface area contributed by atoms with Crippen molar-refractivity contribution in [1.29, 1.82) is 0 Å². The van der Waals surface area contributed by atoms with Crippen LogP contribution in [0.4, 0.5) is 4.79 Å². The Morgan fingerprint density at radius 2 is 2.23 bits per heavy atom. The van der Waals surface area contributed by atoms with E-state index in [1.54, 1.807) is 4.90 Å². The number of fused-ring (bicyclic) bond motifs is 1. The highest BCUT2D eigenvalue weighted by Gasteiger charge is 2.32. The number of amides is 1. The number of hydrogen-bond donors (Lipinski definition) is 1. The SMILES string of the molecule is CC1CCc2[nH]c(C3CN(C(=O)OC(C)(C)C)CCO3)nc21. The van der Waals surface area contributed by atoms with Gasteiger partial charge in [-0.3, -0.25) is 0 Å². The molecule has 1 aliphatic heterocycles. The van der Waals surface area contributed by atoms with Crippen molar-refractivity contribution >= 4 is 6.09 Å². The number of hydrogen-bond acceptors (Lipinski definition) is 4. The molecule has 1 saturated heterocycles. The lowest BCUT2D eigenvalue weighted by Crippen LogP contribution is -2.44. The topological polar surface area (TPSA) is 67.5 Å². The van der Waals surface area contributed by atoms with Crippen LogP contribution >= 0.6 is 0 Å². The second-order valence-corrected chi connectivity index (χ2v) is 7.21. The van der Waals surface area contributed by atoms with Crippen LogP contribution in [0.25, 0.3) is 0 Å². The number of H-pyrrole nitrogens is 1. The first-order chi connectivity index (χ1) is 10.3. The summed E-state index contributed by atoms with van der Waals surface area (Å²) in [7, 11) is 0. The van der Waals surface area contributed by atoms with Gasteiger partial charge in [-0.1, -0.05) is 6.92 Å². The van der Waals surface area contributed by atoms with Gasteiger partial charge in [0.15, 0.2) is 0 Å². The zero-order chi connectivity index (χ0) is 15.9. The maximum Gasteiger partial charge on any atom is 0.410 e. The van der Waals surface area contributed by atoms with Crippen LogP contribution in [0.2, 0.25) is 0 Å². The first kappa shape index (κ1) is 15.3. The molecule has 3 rings (SSSR count). The molecule has 0 bridgehead atoms. The molecule has 0 spiro atoms. The number of imidazole rings is 1. The predicted molar refractivity (Wildman–Crippen MR) is 81.8 cm³/mol. The van der Waals surface area contributed by atoms with Gasteiger partial charge in [-0.15, -0.1) is 0 Å². The number of aryl methyl sites for hydroxylation is 1. The summed E-state index contributed by atoms with van der Waals surface area (Å²) < 4.78 is 11.2. The minimum Gasteiger partial charge on any atom is -0.444 e. The molecule has 6 nitrogen and oxygen atoms in total. The second-order valence-electron chi connectivity index (χ2n) is 7.21. The molecule has 1 aromatic heterocycles. The van der Waals surface area contributed by atoms with Crippen LogP contribution in [-0.2, 0) is 15.9 Å². The fourth-order valence-electron chi connectivity index (χ4n) is 3.00. The number of aromatic amines is 1. The number of nitrogens with zero attached hydrogens (tertiary/aromatic N) is 2. The van der Waals surface area contributed by atoms with E-state index >= 15 is 0 Å². The number of rotatable bonds is 1. The number of nitrogens with one attached hydrogen (secondary N) is 1. The largest absolute Gasteiger partial charge is 0.444 e. The third-order valence-electron chi connectivity index (χ3n) is 4.15. The Labute approximate surface area is 131 Å². The maximum absolute atomic E-state index is 12.2. The standard InChI is InChI=1S/C16H25N3O3/c1-10-5-6-11-13(10)18-14(17-11)12-9-19(7-8-21-12)15(20)22-16(2,3)4/h10,12H,5-9H2,1-4H3,(H,17,18). The van der Waals surface area contributed by atoms with Gasteiger partial charge >= 0.3 is 6.09 Å². The van der Waals surface area contributed by atoms with Crippen molar-refractivity contribution in [3.8, 4) is 0 Å². The van der Waals surface area contributed by atoms with Crippen LogP contribution in [0.15, 0.2) is 0 Å². The van der Waals surface area contributed by atoms with Crippen molar-refractivity contribution in [1.82, 2.24) is 14.9 Å². The molecule has 6 heteroatoms. The number of morpholine rings is 1. The lowest BCUT2D eigenvalue weighted by atomic mass is 10.1. The third kappa shape index (κ3) is 3.11. The molecule has 2 aliphatic rings. The van der Waals surface area contributed by atoms with E-state index in [9.17, 15) is 4.79 Å². The zero-order valence-corrected chi connectivity index (χ0v) is 13.8. The zero-order valence-electron chi connectivity index (χ0n) is 13.8. The van der Waals surface area contributed by atoms with Crippen LogP contribution < -0.4 is 0 Å². The highest BCUT2D eigenvalue weighted by Crippen LogP contribution is 2.33. The number of carbonyl (C=O) groups excluding carboxylic acids is 1. The van der Waals surface area contributed by atoms with E-state index in [4.69, 9.17) is 14.5 Å². The molecule has 1 aromatic rings. The predicted octanol–water partition coefficient (Wildman–Crippen LogP) is 2.77. The molecule has 122 valence electrons. The van der Waals surface area contributed by atoms with E-state index in [1.807, 2.05) is 20.8 Å². The first-order valence-corrected chi connectivity index (χ1v) is 8.01. The van der Waals surface area contributed by atoms with Crippen molar-refractivity contribution in [2.75, 3.05) is 19.7 Å². The van der Waals surface area contributed by atoms with Gasteiger partial charge in [-0.05, 0) is 33.6 Å². The molecule has 22 heavy (non-hydrogen) atoms. The Bertz CT molecular complexity index is 561. The summed E-state index contributed by atoms with van der Waals surface area (Å²) in [4.78, 5) is 22.0. The van der Waals surface area contributed by atoms with Crippen LogP contribution in [0.3, 0.4) is 0 Å². The van der Waals surface area contributed by atoms with Crippen LogP contribution in [0, 0.1) is 0 Å². The van der Waals surface area contributed by atoms with E-state index in [0.29, 0.717) is 25.6 Å². The van der Waals surface area contributed by atoms with Gasteiger partial charge in [-0.2, -0.15) is 0 Å². The van der Waals surface area contributed by atoms with Gasteiger partial charge in [0.25, 0.3) is 0 Å². The van der Waals surface area contributed by atoms with Gasteiger partial charge < -0.3 is 19.4 Å². The fraction of sp³-hybridized carbons (Fsp3) is 0.750. The molecule has 0 aromatic carbocycles. The van der Waals surface area contributed by atoms with Crippen molar-refractivity contribution in [2.45, 2.75) is 58.2 Å². The molecule has 2 atom stereocenters. The molecule has 2 unspecified atom stereocenters. The Kier molecular flexibility index (Phi) is 3.89. The van der Waals surface area contributed by atoms with Crippen molar-refractivity contribution in [2.24, 2.45) is 0 Å². The quantitative estimate of drug-likeness (QED) is 0.866. The Morgan fingerprint density at radius 1 is 1.45 bits per heavy atom. The summed E-state index contributed by atoms with van der Waals surface area (Å²) in [5.41, 5.74) is 1.90. The molecule has 1 amide bonds. The minimum atomic E-state index is -0.480. The molecule has 1 N–H and O–H groups in total. The summed E-state index contributed by atoms with van der Waals surface area (Å²) in [6.07, 6.45) is 1.73. The molecule has 0 radical (unpaired) electrons. The highest BCUT2D eigenvalue weighted by atomic mass is 16.6. The smallest absolute Gasteiger partial charge is 0.410 e. The molecular weight excluding hydrogens is 282 g/mol. The van der Waals surface area contributed by atoms with E-state index in [-0.39, 0.29) is 12.2 Å². The van der Waals surface area contributed by atoms with Gasteiger partial charge in [-0.25, -0.2) is 9.78 Å². The molecule has 0 saturated carbocycles. The normalized spacial score (nSPS) is 25.2. The lowest BCUT2D eigenvalue weighted by molar-refractivity contribution is -0.0460. The number of ether oxygens (including phenoxy) is 2. The van der Waals surface area contributed by atoms with Gasteiger partial charge in [0, 0.05) is 18.2 Å². The van der Waals surface area contributed by atoms with E-state index < -0.39 is 5.60 Å². The van der Waals surface area contributed by atoms with E-state index in [2.05, 4.69) is 11.9 Å². The van der Waals surface area contributed by atoms with Crippen LogP contribution in [-0.4, -0.2) is 46.3 Å². The number of carbonyl (C=O) groups is 1. The number of aromatic nitrogens is 2. The van der Waals surface area contributed by atoms with E-state index in [1.165, 1.54) is 5.69 Å². The Hall–Kier alpha value is -1.56. The van der Waals surface area contributed by atoms with Crippen LogP contribution in [0.5, 0.6) is 0 Å². The molecule has 2 heterocycles. The average molecular weight is 307 g/mol. The fourth-order valence-corrected chi connectivity index (χ4v) is 3.00.